The van der Waals surface area contributed by atoms with Gasteiger partial charge >= 0.3 is 5.97 Å². The number of nitriles is 1. The molecule has 0 radical (unpaired) electrons. The van der Waals surface area contributed by atoms with E-state index in [0.717, 1.165) is 6.07 Å². The molecule has 16 heavy (non-hydrogen) atoms. The Morgan fingerprint density at radius 2 is 2.25 bits per heavy atom. The van der Waals surface area contributed by atoms with Crippen LogP contribution < -0.4 is 0 Å². The highest BCUT2D eigenvalue weighted by Crippen LogP contribution is 2.27. The molecule has 0 bridgehead atoms. The first-order chi connectivity index (χ1) is 7.45. The highest BCUT2D eigenvalue weighted by molar-refractivity contribution is 9.10. The Morgan fingerprint density at radius 1 is 1.62 bits per heavy atom. The Labute approximate surface area is 98.4 Å². The number of aliphatic carboxylic acids is 1. The number of carboxylic acids is 1. The van der Waals surface area contributed by atoms with Crippen LogP contribution in [0.15, 0.2) is 16.6 Å². The number of carbonyl (C=O) groups is 1. The number of nitrogens with zero attached hydrogens (tertiary/aromatic N) is 2. The van der Waals surface area contributed by atoms with Gasteiger partial charge in [-0.2, -0.15) is 5.26 Å². The van der Waals surface area contributed by atoms with E-state index in [1.807, 2.05) is 0 Å². The third kappa shape index (κ3) is 2.55. The first-order valence-corrected chi connectivity index (χ1v) is 4.83. The largest absolute Gasteiger partial charge is 0.481 e. The molecular weight excluding hydrogens is 280 g/mol. The van der Waals surface area contributed by atoms with Gasteiger partial charge in [-0.15, -0.1) is 0 Å². The Hall–Kier alpha value is -1.94. The second-order valence-corrected chi connectivity index (χ2v) is 3.75. The van der Waals surface area contributed by atoms with Crippen LogP contribution in [0.4, 0.5) is 5.69 Å². The summed E-state index contributed by atoms with van der Waals surface area (Å²) in [4.78, 5) is 20.4. The minimum Gasteiger partial charge on any atom is -0.481 e. The molecule has 0 fully saturated rings. The maximum absolute atomic E-state index is 10.6. The van der Waals surface area contributed by atoms with Crippen LogP contribution >= 0.6 is 15.9 Å². The zero-order valence-electron chi connectivity index (χ0n) is 7.81. The van der Waals surface area contributed by atoms with Crippen molar-refractivity contribution < 1.29 is 14.8 Å². The molecule has 0 saturated carbocycles. The minimum atomic E-state index is -1.10. The SMILES string of the molecule is N#Cc1cc(Br)c(CC(=O)O)cc1[N+](=O)[O-]. The maximum atomic E-state index is 10.6. The van der Waals surface area contributed by atoms with Gasteiger partial charge in [0.05, 0.1) is 11.3 Å². The van der Waals surface area contributed by atoms with E-state index in [1.54, 1.807) is 6.07 Å². The molecule has 1 N–H and O–H groups in total. The number of nitro groups is 1. The molecule has 7 heteroatoms. The molecule has 0 atom stereocenters. The van der Waals surface area contributed by atoms with Gasteiger partial charge in [-0.05, 0) is 11.6 Å². The molecule has 0 saturated heterocycles. The van der Waals surface area contributed by atoms with Crippen LogP contribution in [-0.2, 0) is 11.2 Å². The second kappa shape index (κ2) is 4.72. The maximum Gasteiger partial charge on any atom is 0.307 e. The molecule has 0 aliphatic heterocycles. The predicted molar refractivity (Wildman–Crippen MR) is 56.9 cm³/mol. The van der Waals surface area contributed by atoms with E-state index in [9.17, 15) is 14.9 Å². The van der Waals surface area contributed by atoms with Gasteiger partial charge in [0.2, 0.25) is 0 Å². The van der Waals surface area contributed by atoms with E-state index >= 15 is 0 Å². The number of nitro benzene ring substituents is 1. The van der Waals surface area contributed by atoms with Crippen LogP contribution in [0.3, 0.4) is 0 Å². The third-order valence-electron chi connectivity index (χ3n) is 1.82. The van der Waals surface area contributed by atoms with Crippen LogP contribution in [0.5, 0.6) is 0 Å². The van der Waals surface area contributed by atoms with Crippen molar-refractivity contribution in [3.8, 4) is 6.07 Å². The highest BCUT2D eigenvalue weighted by atomic mass is 79.9. The monoisotopic (exact) mass is 284 g/mol. The van der Waals surface area contributed by atoms with Crippen molar-refractivity contribution in [2.45, 2.75) is 6.42 Å². The number of rotatable bonds is 3. The number of benzene rings is 1. The number of halogens is 1. The van der Waals surface area contributed by atoms with Crippen molar-refractivity contribution in [1.29, 1.82) is 5.26 Å². The zero-order chi connectivity index (χ0) is 12.3. The van der Waals surface area contributed by atoms with Crippen LogP contribution in [0.2, 0.25) is 0 Å². The molecular formula is C9H5BrN2O4. The summed E-state index contributed by atoms with van der Waals surface area (Å²) in [6.07, 6.45) is -0.340. The fraction of sp³-hybridized carbons (Fsp3) is 0.111. The van der Waals surface area contributed by atoms with Gasteiger partial charge in [0.25, 0.3) is 5.69 Å². The molecule has 1 rings (SSSR count). The van der Waals surface area contributed by atoms with Crippen molar-refractivity contribution in [2.24, 2.45) is 0 Å². The van der Waals surface area contributed by atoms with Crippen molar-refractivity contribution in [2.75, 3.05) is 0 Å². The van der Waals surface area contributed by atoms with Crippen LogP contribution in [-0.4, -0.2) is 16.0 Å². The molecule has 0 aromatic heterocycles. The van der Waals surface area contributed by atoms with Gasteiger partial charge in [-0.1, -0.05) is 15.9 Å². The minimum absolute atomic E-state index is 0.106. The van der Waals surface area contributed by atoms with Crippen molar-refractivity contribution >= 4 is 27.6 Å². The van der Waals surface area contributed by atoms with Gasteiger partial charge < -0.3 is 5.11 Å². The summed E-state index contributed by atoms with van der Waals surface area (Å²) in [6, 6.07) is 4.02. The lowest BCUT2D eigenvalue weighted by Crippen LogP contribution is -2.03. The molecule has 0 amide bonds. The lowest BCUT2D eigenvalue weighted by atomic mass is 10.1. The molecule has 0 aliphatic carbocycles. The Morgan fingerprint density at radius 3 is 2.69 bits per heavy atom. The van der Waals surface area contributed by atoms with Gasteiger partial charge in [-0.3, -0.25) is 14.9 Å². The third-order valence-corrected chi connectivity index (χ3v) is 2.56. The zero-order valence-corrected chi connectivity index (χ0v) is 9.39. The average Bonchev–Trinajstić information content (AvgIpc) is 2.19. The highest BCUT2D eigenvalue weighted by Gasteiger charge is 2.18. The van der Waals surface area contributed by atoms with Crippen LogP contribution in [0.25, 0.3) is 0 Å². The Balaban J connectivity index is 3.34. The fourth-order valence-electron chi connectivity index (χ4n) is 1.14. The van der Waals surface area contributed by atoms with Gasteiger partial charge in [0.15, 0.2) is 0 Å². The smallest absolute Gasteiger partial charge is 0.307 e. The number of hydrogen-bond acceptors (Lipinski definition) is 4. The summed E-state index contributed by atoms with van der Waals surface area (Å²) in [5.41, 5.74) is -0.230. The molecule has 0 unspecified atom stereocenters. The second-order valence-electron chi connectivity index (χ2n) is 2.90. The Kier molecular flexibility index (Phi) is 3.58. The van der Waals surface area contributed by atoms with E-state index in [2.05, 4.69) is 15.9 Å². The molecule has 0 spiro atoms. The summed E-state index contributed by atoms with van der Waals surface area (Å²) >= 11 is 3.06. The van der Waals surface area contributed by atoms with Gasteiger partial charge in [0, 0.05) is 10.5 Å². The van der Waals surface area contributed by atoms with Crippen molar-refractivity contribution in [3.63, 3.8) is 0 Å². The summed E-state index contributed by atoms with van der Waals surface area (Å²) in [5, 5.41) is 27.9. The van der Waals surface area contributed by atoms with E-state index in [1.165, 1.54) is 6.07 Å². The molecule has 82 valence electrons. The van der Waals surface area contributed by atoms with E-state index in [4.69, 9.17) is 10.4 Å². The van der Waals surface area contributed by atoms with Crippen molar-refractivity contribution in [3.05, 3.63) is 37.8 Å². The number of carboxylic acid groups (broad SMARTS) is 1. The van der Waals surface area contributed by atoms with Gasteiger partial charge in [-0.25, -0.2) is 0 Å². The topological polar surface area (TPSA) is 104 Å². The van der Waals surface area contributed by atoms with E-state index in [0.29, 0.717) is 4.47 Å². The lowest BCUT2D eigenvalue weighted by Gasteiger charge is -2.02. The van der Waals surface area contributed by atoms with E-state index in [-0.39, 0.29) is 23.2 Å². The summed E-state index contributed by atoms with van der Waals surface area (Å²) < 4.78 is 0.372. The lowest BCUT2D eigenvalue weighted by molar-refractivity contribution is -0.385. The molecule has 6 nitrogen and oxygen atoms in total. The summed E-state index contributed by atoms with van der Waals surface area (Å²) in [7, 11) is 0. The molecule has 0 heterocycles. The predicted octanol–water partition coefficient (Wildman–Crippen LogP) is 1.86. The van der Waals surface area contributed by atoms with Gasteiger partial charge in [0.1, 0.15) is 11.6 Å². The average molecular weight is 285 g/mol. The first kappa shape index (κ1) is 12.1. The van der Waals surface area contributed by atoms with Crippen LogP contribution in [0, 0.1) is 21.4 Å². The Bertz CT molecular complexity index is 507. The first-order valence-electron chi connectivity index (χ1n) is 4.04. The molecule has 1 aromatic carbocycles. The fourth-order valence-corrected chi connectivity index (χ4v) is 1.63. The van der Waals surface area contributed by atoms with E-state index < -0.39 is 10.9 Å². The van der Waals surface area contributed by atoms with Crippen molar-refractivity contribution in [1.82, 2.24) is 0 Å². The molecule has 0 aliphatic rings. The normalized spacial score (nSPS) is 9.50. The van der Waals surface area contributed by atoms with Crippen LogP contribution in [0.1, 0.15) is 11.1 Å². The summed E-state index contributed by atoms with van der Waals surface area (Å²) in [5.74, 6) is -1.10. The quantitative estimate of drug-likeness (QED) is 0.674. The standard InChI is InChI=1S/C9H5BrN2O4/c10-7-1-6(4-11)8(12(15)16)2-5(7)3-9(13)14/h1-2H,3H2,(H,13,14). The summed E-state index contributed by atoms with van der Waals surface area (Å²) in [6.45, 7) is 0. The molecule has 1 aromatic rings. The number of hydrogen-bond donors (Lipinski definition) is 1.